The fraction of sp³-hybridized carbons (Fsp3) is 0.462. The normalized spacial score (nSPS) is 20.5. The van der Waals surface area contributed by atoms with Crippen LogP contribution in [-0.4, -0.2) is 41.2 Å². The highest BCUT2D eigenvalue weighted by atomic mass is 16.2. The van der Waals surface area contributed by atoms with E-state index < -0.39 is 0 Å². The molecule has 30 heavy (non-hydrogen) atoms. The Kier molecular flexibility index (Phi) is 6.05. The minimum atomic E-state index is -0.0302. The van der Waals surface area contributed by atoms with Gasteiger partial charge in [0.2, 0.25) is 0 Å². The van der Waals surface area contributed by atoms with Gasteiger partial charge in [-0.1, -0.05) is 60.5 Å². The van der Waals surface area contributed by atoms with Crippen molar-refractivity contribution in [2.24, 2.45) is 11.0 Å². The summed E-state index contributed by atoms with van der Waals surface area (Å²) >= 11 is 0. The number of rotatable bonds is 4. The number of amides is 1. The molecule has 2 aromatic carbocycles. The minimum Gasteiger partial charge on any atom is -0.294 e. The molecule has 2 aliphatic heterocycles. The minimum absolute atomic E-state index is 0.0302. The lowest BCUT2D eigenvalue weighted by Gasteiger charge is -2.31. The van der Waals surface area contributed by atoms with E-state index in [2.05, 4.69) is 75.1 Å². The van der Waals surface area contributed by atoms with Gasteiger partial charge < -0.3 is 0 Å². The number of hydrogen-bond acceptors (Lipinski definition) is 3. The van der Waals surface area contributed by atoms with E-state index in [4.69, 9.17) is 5.10 Å². The lowest BCUT2D eigenvalue weighted by atomic mass is 9.93. The quantitative estimate of drug-likeness (QED) is 0.718. The predicted octanol–water partition coefficient (Wildman–Crippen LogP) is 5.02. The van der Waals surface area contributed by atoms with E-state index in [0.717, 1.165) is 36.7 Å². The number of aryl methyl sites for hydroxylation is 3. The number of nitrogens with zero attached hydrogens (tertiary/aromatic N) is 3. The smallest absolute Gasteiger partial charge is 0.257 e. The van der Waals surface area contributed by atoms with Crippen molar-refractivity contribution in [3.8, 4) is 0 Å². The Morgan fingerprint density at radius 2 is 1.67 bits per heavy atom. The van der Waals surface area contributed by atoms with Gasteiger partial charge in [0.1, 0.15) is 0 Å². The van der Waals surface area contributed by atoms with Crippen LogP contribution in [0.5, 0.6) is 0 Å². The van der Waals surface area contributed by atoms with Gasteiger partial charge in [-0.15, -0.1) is 0 Å². The summed E-state index contributed by atoms with van der Waals surface area (Å²) in [5.74, 6) is 0.870. The molecule has 0 aliphatic carbocycles. The zero-order chi connectivity index (χ0) is 21.3. The Hall–Kier alpha value is -2.46. The molecule has 0 spiro atoms. The average Bonchev–Trinajstić information content (AvgIpc) is 3.17. The van der Waals surface area contributed by atoms with Gasteiger partial charge in [-0.25, -0.2) is 5.01 Å². The first kappa shape index (κ1) is 20.8. The van der Waals surface area contributed by atoms with Gasteiger partial charge in [-0.2, -0.15) is 5.10 Å². The second kappa shape index (κ2) is 8.73. The number of likely N-dealkylation sites (tertiary alicyclic amines) is 1. The van der Waals surface area contributed by atoms with Crippen LogP contribution < -0.4 is 0 Å². The Labute approximate surface area is 180 Å². The highest BCUT2D eigenvalue weighted by molar-refractivity contribution is 6.03. The van der Waals surface area contributed by atoms with Gasteiger partial charge in [-0.05, 0) is 69.3 Å². The molecule has 0 bridgehead atoms. The Morgan fingerprint density at radius 3 is 2.37 bits per heavy atom. The van der Waals surface area contributed by atoms with Crippen molar-refractivity contribution in [3.05, 3.63) is 70.3 Å². The molecule has 0 unspecified atom stereocenters. The summed E-state index contributed by atoms with van der Waals surface area (Å²) in [5, 5.41) is 6.64. The summed E-state index contributed by atoms with van der Waals surface area (Å²) in [6.45, 7) is 11.1. The van der Waals surface area contributed by atoms with Crippen molar-refractivity contribution < 1.29 is 4.79 Å². The molecule has 158 valence electrons. The largest absolute Gasteiger partial charge is 0.294 e. The van der Waals surface area contributed by atoms with Crippen LogP contribution in [0.4, 0.5) is 0 Å². The van der Waals surface area contributed by atoms with Gasteiger partial charge in [0.05, 0.1) is 18.3 Å². The summed E-state index contributed by atoms with van der Waals surface area (Å²) in [6, 6.07) is 14.9. The Morgan fingerprint density at radius 1 is 1.00 bits per heavy atom. The number of hydrogen-bond donors (Lipinski definition) is 0. The number of carbonyl (C=O) groups excluding carboxylic acids is 1. The van der Waals surface area contributed by atoms with E-state index in [1.54, 1.807) is 5.01 Å². The molecule has 4 rings (SSSR count). The van der Waals surface area contributed by atoms with Crippen LogP contribution in [0.15, 0.2) is 47.6 Å². The van der Waals surface area contributed by atoms with Crippen molar-refractivity contribution in [2.75, 3.05) is 19.6 Å². The van der Waals surface area contributed by atoms with Crippen molar-refractivity contribution in [3.63, 3.8) is 0 Å². The second-order valence-corrected chi connectivity index (χ2v) is 9.19. The Balaban J connectivity index is 1.62. The first-order valence-corrected chi connectivity index (χ1v) is 11.2. The van der Waals surface area contributed by atoms with Crippen molar-refractivity contribution in [1.29, 1.82) is 0 Å². The molecular weight excluding hydrogens is 370 g/mol. The molecule has 1 atom stereocenters. The van der Waals surface area contributed by atoms with Gasteiger partial charge in [0, 0.05) is 6.42 Å². The number of carbonyl (C=O) groups is 1. The highest BCUT2D eigenvalue weighted by Crippen LogP contribution is 2.35. The maximum absolute atomic E-state index is 13.4. The van der Waals surface area contributed by atoms with Crippen LogP contribution in [0.25, 0.3) is 0 Å². The first-order valence-electron chi connectivity index (χ1n) is 11.2. The monoisotopic (exact) mass is 403 g/mol. The van der Waals surface area contributed by atoms with Gasteiger partial charge in [0.15, 0.2) is 0 Å². The predicted molar refractivity (Wildman–Crippen MR) is 123 cm³/mol. The van der Waals surface area contributed by atoms with E-state index in [9.17, 15) is 4.79 Å². The van der Waals surface area contributed by atoms with Gasteiger partial charge in [0.25, 0.3) is 5.91 Å². The molecule has 2 aromatic rings. The van der Waals surface area contributed by atoms with E-state index in [1.807, 2.05) is 0 Å². The topological polar surface area (TPSA) is 35.9 Å². The molecule has 2 heterocycles. The van der Waals surface area contributed by atoms with Gasteiger partial charge >= 0.3 is 0 Å². The summed E-state index contributed by atoms with van der Waals surface area (Å²) in [5.41, 5.74) is 6.99. The third-order valence-corrected chi connectivity index (χ3v) is 6.58. The Bertz CT molecular complexity index is 939. The van der Waals surface area contributed by atoms with E-state index in [1.165, 1.54) is 35.1 Å². The lowest BCUT2D eigenvalue weighted by molar-refractivity contribution is -0.134. The standard InChI is InChI=1S/C26H33N3O/c1-18-6-9-22(10-7-18)24-16-25(23-15-20(3)5-8-21(23)4)29(27-24)26(30)17-28-13-11-19(2)12-14-28/h5-10,15,19,25H,11-14,16-17H2,1-4H3/t25-/m0/s1. The maximum atomic E-state index is 13.4. The zero-order valence-electron chi connectivity index (χ0n) is 18.7. The molecule has 2 aliphatic rings. The summed E-state index contributed by atoms with van der Waals surface area (Å²) in [4.78, 5) is 15.7. The van der Waals surface area contributed by atoms with E-state index in [-0.39, 0.29) is 11.9 Å². The number of benzene rings is 2. The van der Waals surface area contributed by atoms with Crippen LogP contribution in [0.1, 0.15) is 60.0 Å². The zero-order valence-corrected chi connectivity index (χ0v) is 18.7. The maximum Gasteiger partial charge on any atom is 0.257 e. The SMILES string of the molecule is Cc1ccc(C2=NN(C(=O)CN3CCC(C)CC3)[C@H](c3cc(C)ccc3C)C2)cc1. The molecule has 0 N–H and O–H groups in total. The summed E-state index contributed by atoms with van der Waals surface area (Å²) in [7, 11) is 0. The van der Waals surface area contributed by atoms with Crippen LogP contribution in [0.3, 0.4) is 0 Å². The summed E-state index contributed by atoms with van der Waals surface area (Å²) in [6.07, 6.45) is 3.10. The second-order valence-electron chi connectivity index (χ2n) is 9.19. The average molecular weight is 404 g/mol. The van der Waals surface area contributed by atoms with Crippen LogP contribution in [0, 0.1) is 26.7 Å². The summed E-state index contributed by atoms with van der Waals surface area (Å²) < 4.78 is 0. The fourth-order valence-corrected chi connectivity index (χ4v) is 4.51. The molecule has 1 fully saturated rings. The van der Waals surface area contributed by atoms with Crippen LogP contribution in [0.2, 0.25) is 0 Å². The molecule has 1 saturated heterocycles. The van der Waals surface area contributed by atoms with E-state index >= 15 is 0 Å². The third kappa shape index (κ3) is 4.49. The van der Waals surface area contributed by atoms with Crippen LogP contribution >= 0.6 is 0 Å². The number of piperidine rings is 1. The van der Waals surface area contributed by atoms with Gasteiger partial charge in [-0.3, -0.25) is 9.69 Å². The molecule has 0 saturated carbocycles. The third-order valence-electron chi connectivity index (χ3n) is 6.58. The van der Waals surface area contributed by atoms with E-state index in [0.29, 0.717) is 6.54 Å². The molecule has 4 nitrogen and oxygen atoms in total. The highest BCUT2D eigenvalue weighted by Gasteiger charge is 2.34. The molecule has 0 radical (unpaired) electrons. The number of hydrazone groups is 1. The van der Waals surface area contributed by atoms with Crippen molar-refractivity contribution >= 4 is 11.6 Å². The molecule has 1 amide bonds. The van der Waals surface area contributed by atoms with Crippen LogP contribution in [-0.2, 0) is 4.79 Å². The fourth-order valence-electron chi connectivity index (χ4n) is 4.51. The van der Waals surface area contributed by atoms with Crippen molar-refractivity contribution in [2.45, 2.75) is 53.0 Å². The first-order chi connectivity index (χ1) is 14.4. The lowest BCUT2D eigenvalue weighted by Crippen LogP contribution is -2.41. The molecular formula is C26H33N3O. The molecule has 0 aromatic heterocycles. The van der Waals surface area contributed by atoms with Crippen molar-refractivity contribution in [1.82, 2.24) is 9.91 Å². The molecule has 4 heteroatoms.